The topological polar surface area (TPSA) is 96.0 Å². The molecule has 114 valence electrons. The quantitative estimate of drug-likeness (QED) is 0.864. The van der Waals surface area contributed by atoms with E-state index in [4.69, 9.17) is 22.6 Å². The van der Waals surface area contributed by atoms with Crippen molar-refractivity contribution < 1.29 is 8.42 Å². The van der Waals surface area contributed by atoms with Crippen molar-refractivity contribution in [3.8, 4) is 6.07 Å². The first-order chi connectivity index (χ1) is 9.97. The lowest BCUT2D eigenvalue weighted by atomic mass is 9.99. The first-order valence-electron chi connectivity index (χ1n) is 6.90. The van der Waals surface area contributed by atoms with Crippen LogP contribution in [-0.2, 0) is 10.0 Å². The van der Waals surface area contributed by atoms with E-state index in [1.807, 2.05) is 6.07 Å². The number of nitrogens with zero attached hydrogens (tertiary/aromatic N) is 1. The summed E-state index contributed by atoms with van der Waals surface area (Å²) < 4.78 is 27.6. The first-order valence-corrected chi connectivity index (χ1v) is 8.76. The number of rotatable bonds is 5. The average Bonchev–Trinajstić information content (AvgIpc) is 2.99. The van der Waals surface area contributed by atoms with Gasteiger partial charge in [0, 0.05) is 12.6 Å². The molecule has 0 aliphatic heterocycles. The van der Waals surface area contributed by atoms with E-state index < -0.39 is 10.0 Å². The number of nitrogens with one attached hydrogen (secondary N) is 1. The Hall–Kier alpha value is -1.13. The Morgan fingerprint density at radius 2 is 2.10 bits per heavy atom. The molecule has 2 rings (SSSR count). The summed E-state index contributed by atoms with van der Waals surface area (Å²) in [6.45, 7) is 0.249. The van der Waals surface area contributed by atoms with Crippen molar-refractivity contribution >= 4 is 21.6 Å². The molecule has 21 heavy (non-hydrogen) atoms. The largest absolute Gasteiger partial charge is 0.329 e. The highest BCUT2D eigenvalue weighted by Gasteiger charge is 2.29. The van der Waals surface area contributed by atoms with Crippen LogP contribution >= 0.6 is 11.6 Å². The van der Waals surface area contributed by atoms with E-state index in [-0.39, 0.29) is 34.0 Å². The SMILES string of the molecule is N#Cc1ccc(Cl)c(S(=O)(=O)NC(CN)C2CCCC2)c1. The second-order valence-electron chi connectivity index (χ2n) is 5.27. The first kappa shape index (κ1) is 16.2. The van der Waals surface area contributed by atoms with E-state index in [9.17, 15) is 8.42 Å². The van der Waals surface area contributed by atoms with Gasteiger partial charge in [-0.15, -0.1) is 0 Å². The Labute approximate surface area is 130 Å². The molecule has 0 aromatic heterocycles. The normalized spacial score (nSPS) is 17.6. The zero-order chi connectivity index (χ0) is 15.5. The van der Waals surface area contributed by atoms with E-state index in [0.29, 0.717) is 0 Å². The molecule has 0 radical (unpaired) electrons. The van der Waals surface area contributed by atoms with Crippen molar-refractivity contribution in [2.45, 2.75) is 36.6 Å². The van der Waals surface area contributed by atoms with Crippen molar-refractivity contribution in [3.63, 3.8) is 0 Å². The zero-order valence-electron chi connectivity index (χ0n) is 11.5. The number of benzene rings is 1. The minimum Gasteiger partial charge on any atom is -0.329 e. The standard InChI is InChI=1S/C14H18ClN3O2S/c15-12-6-5-10(8-16)7-14(12)21(19,20)18-13(9-17)11-3-1-2-4-11/h5-7,11,13,18H,1-4,9,17H2. The maximum atomic E-state index is 12.5. The Morgan fingerprint density at radius 3 is 2.67 bits per heavy atom. The van der Waals surface area contributed by atoms with Crippen molar-refractivity contribution in [1.29, 1.82) is 5.26 Å². The van der Waals surface area contributed by atoms with Crippen LogP contribution in [0.1, 0.15) is 31.2 Å². The third-order valence-corrected chi connectivity index (χ3v) is 5.85. The summed E-state index contributed by atoms with van der Waals surface area (Å²) in [4.78, 5) is -0.0698. The predicted molar refractivity (Wildman–Crippen MR) is 81.3 cm³/mol. The second-order valence-corrected chi connectivity index (χ2v) is 7.35. The van der Waals surface area contributed by atoms with Gasteiger partial charge in [-0.2, -0.15) is 5.26 Å². The van der Waals surface area contributed by atoms with Gasteiger partial charge >= 0.3 is 0 Å². The van der Waals surface area contributed by atoms with Gasteiger partial charge in [0.1, 0.15) is 4.90 Å². The van der Waals surface area contributed by atoms with Crippen molar-refractivity contribution in [1.82, 2.24) is 4.72 Å². The fourth-order valence-electron chi connectivity index (χ4n) is 2.74. The van der Waals surface area contributed by atoms with Crippen molar-refractivity contribution in [2.75, 3.05) is 6.54 Å². The van der Waals surface area contributed by atoms with Gasteiger partial charge in [-0.1, -0.05) is 24.4 Å². The number of hydrogen-bond donors (Lipinski definition) is 2. The molecule has 1 fully saturated rings. The lowest BCUT2D eigenvalue weighted by molar-refractivity contribution is 0.405. The van der Waals surface area contributed by atoms with Gasteiger partial charge in [0.2, 0.25) is 10.0 Å². The monoisotopic (exact) mass is 327 g/mol. The van der Waals surface area contributed by atoms with Crippen LogP contribution in [0, 0.1) is 17.2 Å². The van der Waals surface area contributed by atoms with Crippen LogP contribution in [0.4, 0.5) is 0 Å². The molecule has 1 atom stereocenters. The maximum absolute atomic E-state index is 12.5. The maximum Gasteiger partial charge on any atom is 0.242 e. The number of halogens is 1. The van der Waals surface area contributed by atoms with Crippen LogP contribution in [0.3, 0.4) is 0 Å². The van der Waals surface area contributed by atoms with Crippen LogP contribution < -0.4 is 10.5 Å². The number of nitriles is 1. The van der Waals surface area contributed by atoms with Gasteiger partial charge in [0.15, 0.2) is 0 Å². The van der Waals surface area contributed by atoms with Gasteiger partial charge in [-0.25, -0.2) is 13.1 Å². The third-order valence-electron chi connectivity index (χ3n) is 3.88. The molecular formula is C14H18ClN3O2S. The number of nitrogens with two attached hydrogens (primary N) is 1. The molecule has 5 nitrogen and oxygen atoms in total. The van der Waals surface area contributed by atoms with Crippen LogP contribution in [0.25, 0.3) is 0 Å². The van der Waals surface area contributed by atoms with E-state index in [1.165, 1.54) is 18.2 Å². The van der Waals surface area contributed by atoms with Crippen LogP contribution in [-0.4, -0.2) is 21.0 Å². The smallest absolute Gasteiger partial charge is 0.242 e. The molecule has 1 saturated carbocycles. The minimum atomic E-state index is -3.79. The van der Waals surface area contributed by atoms with Gasteiger partial charge < -0.3 is 5.73 Å². The molecule has 7 heteroatoms. The third kappa shape index (κ3) is 3.74. The molecule has 1 aromatic carbocycles. The molecule has 1 aromatic rings. The molecule has 1 aliphatic rings. The molecule has 0 amide bonds. The van der Waals surface area contributed by atoms with E-state index in [0.717, 1.165) is 25.7 Å². The second kappa shape index (κ2) is 6.75. The minimum absolute atomic E-state index is 0.0698. The van der Waals surface area contributed by atoms with E-state index >= 15 is 0 Å². The van der Waals surface area contributed by atoms with Gasteiger partial charge in [-0.05, 0) is 37.0 Å². The average molecular weight is 328 g/mol. The summed E-state index contributed by atoms with van der Waals surface area (Å²) in [5.41, 5.74) is 5.97. The zero-order valence-corrected chi connectivity index (χ0v) is 13.1. The Balaban J connectivity index is 2.27. The summed E-state index contributed by atoms with van der Waals surface area (Å²) in [6, 6.07) is 5.81. The molecule has 1 aliphatic carbocycles. The highest BCUT2D eigenvalue weighted by Crippen LogP contribution is 2.29. The van der Waals surface area contributed by atoms with Crippen LogP contribution in [0.5, 0.6) is 0 Å². The van der Waals surface area contributed by atoms with E-state index in [2.05, 4.69) is 4.72 Å². The molecule has 0 bridgehead atoms. The summed E-state index contributed by atoms with van der Waals surface area (Å²) in [6.07, 6.45) is 4.17. The van der Waals surface area contributed by atoms with E-state index in [1.54, 1.807) is 0 Å². The molecular weight excluding hydrogens is 310 g/mol. The Morgan fingerprint density at radius 1 is 1.43 bits per heavy atom. The molecule has 3 N–H and O–H groups in total. The predicted octanol–water partition coefficient (Wildman–Crippen LogP) is 2.01. The Bertz CT molecular complexity index is 649. The lowest BCUT2D eigenvalue weighted by Gasteiger charge is -2.23. The van der Waals surface area contributed by atoms with Crippen molar-refractivity contribution in [3.05, 3.63) is 28.8 Å². The number of sulfonamides is 1. The summed E-state index contributed by atoms with van der Waals surface area (Å²) in [7, 11) is -3.79. The van der Waals surface area contributed by atoms with Gasteiger partial charge in [0.05, 0.1) is 16.7 Å². The highest BCUT2D eigenvalue weighted by atomic mass is 35.5. The fraction of sp³-hybridized carbons (Fsp3) is 0.500. The van der Waals surface area contributed by atoms with Crippen molar-refractivity contribution in [2.24, 2.45) is 11.7 Å². The van der Waals surface area contributed by atoms with Crippen LogP contribution in [0.15, 0.2) is 23.1 Å². The summed E-state index contributed by atoms with van der Waals surface area (Å²) >= 11 is 5.96. The van der Waals surface area contributed by atoms with Gasteiger partial charge in [0.25, 0.3) is 0 Å². The van der Waals surface area contributed by atoms with Gasteiger partial charge in [-0.3, -0.25) is 0 Å². The molecule has 0 saturated heterocycles. The lowest BCUT2D eigenvalue weighted by Crippen LogP contribution is -2.44. The molecule has 0 heterocycles. The molecule has 0 spiro atoms. The number of hydrogen-bond acceptors (Lipinski definition) is 4. The molecule has 1 unspecified atom stereocenters. The summed E-state index contributed by atoms with van der Waals surface area (Å²) in [5.74, 6) is 0.266. The summed E-state index contributed by atoms with van der Waals surface area (Å²) in [5, 5.41) is 8.99. The Kier molecular flexibility index (Phi) is 5.22. The highest BCUT2D eigenvalue weighted by molar-refractivity contribution is 7.89. The fourth-order valence-corrected chi connectivity index (χ4v) is 4.58. The van der Waals surface area contributed by atoms with Crippen LogP contribution in [0.2, 0.25) is 5.02 Å².